The lowest BCUT2D eigenvalue weighted by molar-refractivity contribution is 0.772. The Kier molecular flexibility index (Phi) is 7.00. The second kappa shape index (κ2) is 7.00. The topological polar surface area (TPSA) is 0 Å². The lowest BCUT2D eigenvalue weighted by Gasteiger charge is -1.93. The molecular weight excluding hydrogens is 96.1 g/mol. The van der Waals surface area contributed by atoms with E-state index in [4.69, 9.17) is 0 Å². The molecule has 2 radical (unpaired) electrons. The molecule has 0 aliphatic carbocycles. The molecule has 0 atom stereocenters. The van der Waals surface area contributed by atoms with Gasteiger partial charge in [-0.1, -0.05) is 39.5 Å². The summed E-state index contributed by atoms with van der Waals surface area (Å²) in [6, 6.07) is 0. The number of unbranched alkanes of at least 4 members (excludes halogenated alkanes) is 5. The molecule has 8 heavy (non-hydrogen) atoms. The predicted octanol–water partition coefficient (Wildman–Crippen LogP) is 3.00. The highest BCUT2D eigenvalue weighted by molar-refractivity contribution is 4.64. The highest BCUT2D eigenvalue weighted by Gasteiger charge is 1.83. The highest BCUT2D eigenvalue weighted by atomic mass is 13.9. The van der Waals surface area contributed by atoms with Crippen LogP contribution in [-0.2, 0) is 0 Å². The Labute approximate surface area is 53.3 Å². The van der Waals surface area contributed by atoms with E-state index in [1.165, 1.54) is 25.7 Å². The Morgan fingerprint density at radius 3 is 2.50 bits per heavy atom. The van der Waals surface area contributed by atoms with Gasteiger partial charge in [0.05, 0.1) is 0 Å². The van der Waals surface area contributed by atoms with Gasteiger partial charge in [-0.2, -0.15) is 0 Å². The second-order valence-electron chi connectivity index (χ2n) is 2.04. The van der Waals surface area contributed by atoms with Gasteiger partial charge in [0.25, 0.3) is 0 Å². The van der Waals surface area contributed by atoms with Crippen LogP contribution in [0.1, 0.15) is 39.5 Å². The van der Waals surface area contributed by atoms with Crippen molar-refractivity contribution in [2.75, 3.05) is 0 Å². The normalized spacial score (nSPS) is 9.75. The van der Waals surface area contributed by atoms with Crippen molar-refractivity contribution in [3.8, 4) is 0 Å². The Bertz CT molecular complexity index is 25.0. The van der Waals surface area contributed by atoms with Crippen LogP contribution in [0.2, 0.25) is 0 Å². The maximum Gasteiger partial charge on any atom is -0.0389 e. The van der Waals surface area contributed by atoms with Crippen LogP contribution in [0.25, 0.3) is 0 Å². The summed E-state index contributed by atoms with van der Waals surface area (Å²) in [7, 11) is 0. The molecule has 0 aromatic heterocycles. The van der Waals surface area contributed by atoms with Crippen molar-refractivity contribution in [3.63, 3.8) is 0 Å². The van der Waals surface area contributed by atoms with E-state index >= 15 is 0 Å². The van der Waals surface area contributed by atoms with Crippen molar-refractivity contribution in [1.82, 2.24) is 0 Å². The molecule has 0 aliphatic heterocycles. The summed E-state index contributed by atoms with van der Waals surface area (Å²) in [6.45, 7) is 4.31. The van der Waals surface area contributed by atoms with Gasteiger partial charge < -0.3 is 0 Å². The number of hydrogen-bond acceptors (Lipinski definition) is 0. The van der Waals surface area contributed by atoms with E-state index < -0.39 is 0 Å². The molecule has 0 rings (SSSR count). The van der Waals surface area contributed by atoms with Crippen molar-refractivity contribution >= 4 is 0 Å². The predicted molar refractivity (Wildman–Crippen MR) is 38.4 cm³/mol. The Morgan fingerprint density at radius 1 is 1.25 bits per heavy atom. The Hall–Kier alpha value is 0. The zero-order valence-electron chi connectivity index (χ0n) is 5.98. The summed E-state index contributed by atoms with van der Waals surface area (Å²) >= 11 is 0. The third kappa shape index (κ3) is 6.00. The lowest BCUT2D eigenvalue weighted by Crippen LogP contribution is -1.75. The first-order valence-corrected chi connectivity index (χ1v) is 3.51. The quantitative estimate of drug-likeness (QED) is 0.479. The zero-order valence-corrected chi connectivity index (χ0v) is 5.98. The van der Waals surface area contributed by atoms with Crippen molar-refractivity contribution in [1.29, 1.82) is 0 Å². The lowest BCUT2D eigenvalue weighted by atomic mass is 10.1. The number of rotatable bonds is 5. The minimum atomic E-state index is 1.23. The molecule has 0 unspecified atom stereocenters. The molecule has 0 N–H and O–H groups in total. The fraction of sp³-hybridized carbons (Fsp3) is 0.750. The minimum Gasteiger partial charge on any atom is -0.0651 e. The molecule has 0 spiro atoms. The largest absolute Gasteiger partial charge is 0.0651 e. The van der Waals surface area contributed by atoms with E-state index in [0.717, 1.165) is 0 Å². The van der Waals surface area contributed by atoms with Gasteiger partial charge in [-0.3, -0.25) is 0 Å². The van der Waals surface area contributed by atoms with Crippen LogP contribution in [0, 0.1) is 12.8 Å². The van der Waals surface area contributed by atoms with E-state index in [1.807, 2.05) is 0 Å². The number of hydrogen-bond donors (Lipinski definition) is 0. The van der Waals surface area contributed by atoms with E-state index in [2.05, 4.69) is 26.7 Å². The molecule has 0 aliphatic rings. The molecular formula is C8H16. The first-order valence-electron chi connectivity index (χ1n) is 3.51. The molecule has 0 nitrogen and oxygen atoms in total. The smallest absolute Gasteiger partial charge is 0.0389 e. The van der Waals surface area contributed by atoms with Gasteiger partial charge in [-0.05, 0) is 12.8 Å². The average Bonchev–Trinajstić information content (AvgIpc) is 1.81. The van der Waals surface area contributed by atoms with Gasteiger partial charge in [-0.15, -0.1) is 0 Å². The van der Waals surface area contributed by atoms with Crippen LogP contribution >= 0.6 is 0 Å². The molecule has 0 heterocycles. The minimum absolute atomic E-state index is 1.23. The van der Waals surface area contributed by atoms with Crippen molar-refractivity contribution < 1.29 is 0 Å². The van der Waals surface area contributed by atoms with Crippen LogP contribution < -0.4 is 0 Å². The fourth-order valence-corrected chi connectivity index (χ4v) is 0.670. The molecule has 0 bridgehead atoms. The second-order valence-corrected chi connectivity index (χ2v) is 2.04. The van der Waals surface area contributed by atoms with Crippen LogP contribution in [0.4, 0.5) is 0 Å². The average molecular weight is 112 g/mol. The molecule has 48 valence electrons. The summed E-state index contributed by atoms with van der Waals surface area (Å²) < 4.78 is 0. The van der Waals surface area contributed by atoms with Crippen LogP contribution in [0.3, 0.4) is 0 Å². The van der Waals surface area contributed by atoms with Gasteiger partial charge in [0, 0.05) is 0 Å². The van der Waals surface area contributed by atoms with Crippen LogP contribution in [0.5, 0.6) is 0 Å². The van der Waals surface area contributed by atoms with Gasteiger partial charge >= 0.3 is 0 Å². The van der Waals surface area contributed by atoms with Crippen LogP contribution in [-0.4, -0.2) is 0 Å². The van der Waals surface area contributed by atoms with Crippen LogP contribution in [0.15, 0.2) is 0 Å². The summed E-state index contributed by atoms with van der Waals surface area (Å²) in [5.41, 5.74) is 0. The van der Waals surface area contributed by atoms with E-state index in [1.54, 1.807) is 0 Å². The zero-order chi connectivity index (χ0) is 6.24. The molecule has 0 amide bonds. The van der Waals surface area contributed by atoms with Gasteiger partial charge in [0.1, 0.15) is 0 Å². The highest BCUT2D eigenvalue weighted by Crippen LogP contribution is 2.01. The first-order chi connectivity index (χ1) is 3.91. The van der Waals surface area contributed by atoms with E-state index in [9.17, 15) is 0 Å². The maximum absolute atomic E-state index is 2.34. The SMILES string of the molecule is C[CH]CCC[CH]CC. The fourth-order valence-electron chi connectivity index (χ4n) is 0.670. The molecule has 0 heteroatoms. The monoisotopic (exact) mass is 112 g/mol. The van der Waals surface area contributed by atoms with Crippen molar-refractivity contribution in [2.24, 2.45) is 0 Å². The van der Waals surface area contributed by atoms with Crippen molar-refractivity contribution in [3.05, 3.63) is 12.8 Å². The standard InChI is InChI=1S/C8H16/c1-3-5-7-8-6-4-2/h3,6H,4-5,7-8H2,1-2H3. The summed E-state index contributed by atoms with van der Waals surface area (Å²) in [5, 5.41) is 0. The van der Waals surface area contributed by atoms with E-state index in [0.29, 0.717) is 0 Å². The summed E-state index contributed by atoms with van der Waals surface area (Å²) in [5.74, 6) is 0. The van der Waals surface area contributed by atoms with Gasteiger partial charge in [0.2, 0.25) is 0 Å². The molecule has 0 saturated heterocycles. The molecule has 0 aromatic rings. The third-order valence-electron chi connectivity index (χ3n) is 1.19. The summed E-state index contributed by atoms with van der Waals surface area (Å²) in [6.07, 6.45) is 9.69. The first kappa shape index (κ1) is 8.00. The Balaban J connectivity index is 2.53. The maximum atomic E-state index is 2.34. The molecule has 0 aromatic carbocycles. The van der Waals surface area contributed by atoms with Crippen molar-refractivity contribution in [2.45, 2.75) is 39.5 Å². The Morgan fingerprint density at radius 2 is 2.00 bits per heavy atom. The third-order valence-corrected chi connectivity index (χ3v) is 1.19. The molecule has 0 saturated carbocycles. The van der Waals surface area contributed by atoms with Gasteiger partial charge in [-0.25, -0.2) is 0 Å². The van der Waals surface area contributed by atoms with Gasteiger partial charge in [0.15, 0.2) is 0 Å². The van der Waals surface area contributed by atoms with E-state index in [-0.39, 0.29) is 0 Å². The molecule has 0 fully saturated rings. The summed E-state index contributed by atoms with van der Waals surface area (Å²) in [4.78, 5) is 0.